The molecular formula is C23H20BrClO7. The number of halogens is 2. The summed E-state index contributed by atoms with van der Waals surface area (Å²) < 4.78 is 23.8. The molecule has 0 amide bonds. The van der Waals surface area contributed by atoms with Gasteiger partial charge in [0.1, 0.15) is 12.4 Å². The molecule has 1 aliphatic rings. The van der Waals surface area contributed by atoms with Gasteiger partial charge in [0.2, 0.25) is 11.2 Å². The Morgan fingerprint density at radius 3 is 2.75 bits per heavy atom. The fourth-order valence-corrected chi connectivity index (χ4v) is 4.15. The lowest BCUT2D eigenvalue weighted by molar-refractivity contribution is -0.151. The van der Waals surface area contributed by atoms with E-state index in [9.17, 15) is 9.59 Å². The van der Waals surface area contributed by atoms with Crippen LogP contribution in [0.1, 0.15) is 12.8 Å². The zero-order chi connectivity index (χ0) is 22.8. The van der Waals surface area contributed by atoms with E-state index in [1.807, 2.05) is 0 Å². The van der Waals surface area contributed by atoms with Gasteiger partial charge in [0.05, 0.1) is 41.7 Å². The van der Waals surface area contributed by atoms with E-state index in [0.717, 1.165) is 4.47 Å². The van der Waals surface area contributed by atoms with Gasteiger partial charge in [-0.25, -0.2) is 0 Å². The average molecular weight is 524 g/mol. The maximum absolute atomic E-state index is 13.0. The van der Waals surface area contributed by atoms with Gasteiger partial charge >= 0.3 is 5.97 Å². The number of fused-ring (bicyclic) bond motifs is 1. The normalized spacial score (nSPS) is 17.7. The molecule has 0 saturated heterocycles. The summed E-state index contributed by atoms with van der Waals surface area (Å²) in [6, 6.07) is 10.3. The van der Waals surface area contributed by atoms with E-state index >= 15 is 0 Å². The predicted octanol–water partition coefficient (Wildman–Crippen LogP) is 5.14. The van der Waals surface area contributed by atoms with Gasteiger partial charge in [-0.05, 0) is 43.2 Å². The lowest BCUT2D eigenvalue weighted by Crippen LogP contribution is -2.37. The van der Waals surface area contributed by atoms with Crippen molar-refractivity contribution in [1.29, 1.82) is 0 Å². The van der Waals surface area contributed by atoms with Crippen LogP contribution in [0.3, 0.4) is 0 Å². The SMILES string of the molecule is COc1c(-c2ccc(Br)cc2OCCOC2CC(C(=O)O)C2)oc2c(Cl)cccc2c1=O. The first-order valence-electron chi connectivity index (χ1n) is 9.95. The van der Waals surface area contributed by atoms with Gasteiger partial charge in [-0.15, -0.1) is 0 Å². The maximum Gasteiger partial charge on any atom is 0.306 e. The monoisotopic (exact) mass is 522 g/mol. The molecule has 0 bridgehead atoms. The van der Waals surface area contributed by atoms with E-state index in [0.29, 0.717) is 41.2 Å². The Morgan fingerprint density at radius 2 is 2.03 bits per heavy atom. The second kappa shape index (κ2) is 9.52. The third-order valence-electron chi connectivity index (χ3n) is 5.36. The van der Waals surface area contributed by atoms with Gasteiger partial charge in [0, 0.05) is 4.47 Å². The molecule has 1 N–H and O–H groups in total. The van der Waals surface area contributed by atoms with Crippen molar-refractivity contribution in [2.24, 2.45) is 5.92 Å². The molecule has 0 radical (unpaired) electrons. The minimum atomic E-state index is -0.786. The van der Waals surface area contributed by atoms with E-state index < -0.39 is 5.97 Å². The molecule has 32 heavy (non-hydrogen) atoms. The highest BCUT2D eigenvalue weighted by atomic mass is 79.9. The largest absolute Gasteiger partial charge is 0.490 e. The number of methoxy groups -OCH3 is 1. The summed E-state index contributed by atoms with van der Waals surface area (Å²) in [5, 5.41) is 9.59. The van der Waals surface area contributed by atoms with Gasteiger partial charge in [-0.2, -0.15) is 0 Å². The Morgan fingerprint density at radius 1 is 1.25 bits per heavy atom. The number of carbonyl (C=O) groups is 1. The first kappa shape index (κ1) is 22.6. The lowest BCUT2D eigenvalue weighted by atomic mass is 9.82. The summed E-state index contributed by atoms with van der Waals surface area (Å²) in [6.07, 6.45) is 0.956. The summed E-state index contributed by atoms with van der Waals surface area (Å²) in [5.41, 5.74) is 0.463. The second-order valence-electron chi connectivity index (χ2n) is 7.40. The van der Waals surface area contributed by atoms with Crippen LogP contribution >= 0.6 is 27.5 Å². The summed E-state index contributed by atoms with van der Waals surface area (Å²) >= 11 is 9.70. The van der Waals surface area contributed by atoms with Crippen molar-refractivity contribution in [3.63, 3.8) is 0 Å². The first-order valence-corrected chi connectivity index (χ1v) is 11.1. The van der Waals surface area contributed by atoms with Gasteiger partial charge < -0.3 is 23.7 Å². The van der Waals surface area contributed by atoms with Crippen LogP contribution < -0.4 is 14.9 Å². The fourth-order valence-electron chi connectivity index (χ4n) is 3.60. The highest BCUT2D eigenvalue weighted by molar-refractivity contribution is 9.10. The number of rotatable bonds is 8. The Hall–Kier alpha value is -2.55. The van der Waals surface area contributed by atoms with Crippen LogP contribution in [0.4, 0.5) is 0 Å². The quantitative estimate of drug-likeness (QED) is 0.408. The Kier molecular flexibility index (Phi) is 6.74. The average Bonchev–Trinajstić information content (AvgIpc) is 2.72. The standard InChI is InChI=1S/C23H20BrClO7/c1-29-22-19(26)16-3-2-4-17(25)20(16)32-21(22)15-6-5-13(24)11-18(15)31-8-7-30-14-9-12(10-14)23(27)28/h2-6,11-12,14H,7-10H2,1H3,(H,27,28). The molecule has 9 heteroatoms. The van der Waals surface area contributed by atoms with E-state index in [4.69, 9.17) is 35.3 Å². The molecule has 0 atom stereocenters. The molecule has 1 aromatic heterocycles. The number of ether oxygens (including phenoxy) is 3. The summed E-state index contributed by atoms with van der Waals surface area (Å²) in [4.78, 5) is 23.9. The van der Waals surface area contributed by atoms with Crippen molar-refractivity contribution in [1.82, 2.24) is 0 Å². The molecule has 4 rings (SSSR count). The molecule has 1 aliphatic carbocycles. The maximum atomic E-state index is 13.0. The zero-order valence-corrected chi connectivity index (χ0v) is 19.4. The zero-order valence-electron chi connectivity index (χ0n) is 17.1. The van der Waals surface area contributed by atoms with Crippen LogP contribution in [0.25, 0.3) is 22.3 Å². The number of carboxylic acid groups (broad SMARTS) is 1. The van der Waals surface area contributed by atoms with Crippen LogP contribution in [0, 0.1) is 5.92 Å². The Balaban J connectivity index is 1.58. The number of carboxylic acids is 1. The van der Waals surface area contributed by atoms with Crippen LogP contribution in [0.2, 0.25) is 5.02 Å². The van der Waals surface area contributed by atoms with Gasteiger partial charge in [-0.1, -0.05) is 33.6 Å². The minimum absolute atomic E-state index is 0.0531. The van der Waals surface area contributed by atoms with Crippen molar-refractivity contribution in [3.05, 3.63) is 56.1 Å². The summed E-state index contributed by atoms with van der Waals surface area (Å²) in [6.45, 7) is 0.534. The second-order valence-corrected chi connectivity index (χ2v) is 8.72. The number of benzene rings is 2. The Bertz CT molecular complexity index is 1220. The van der Waals surface area contributed by atoms with E-state index in [-0.39, 0.29) is 41.2 Å². The minimum Gasteiger partial charge on any atom is -0.490 e. The topological polar surface area (TPSA) is 95.2 Å². The van der Waals surface area contributed by atoms with E-state index in [1.165, 1.54) is 7.11 Å². The predicted molar refractivity (Wildman–Crippen MR) is 123 cm³/mol. The molecule has 7 nitrogen and oxygen atoms in total. The van der Waals surface area contributed by atoms with Crippen molar-refractivity contribution in [2.75, 3.05) is 20.3 Å². The molecule has 2 aromatic carbocycles. The highest BCUT2D eigenvalue weighted by Crippen LogP contribution is 2.39. The molecule has 1 saturated carbocycles. The van der Waals surface area contributed by atoms with Crippen molar-refractivity contribution in [3.8, 4) is 22.8 Å². The number of aliphatic carboxylic acids is 1. The molecule has 0 spiro atoms. The van der Waals surface area contributed by atoms with Crippen LogP contribution in [0.15, 0.2) is 50.1 Å². The number of hydrogen-bond donors (Lipinski definition) is 1. The smallest absolute Gasteiger partial charge is 0.306 e. The third kappa shape index (κ3) is 4.48. The van der Waals surface area contributed by atoms with Crippen LogP contribution in [-0.4, -0.2) is 37.5 Å². The van der Waals surface area contributed by atoms with E-state index in [2.05, 4.69) is 15.9 Å². The molecule has 3 aromatic rings. The van der Waals surface area contributed by atoms with Crippen molar-refractivity contribution in [2.45, 2.75) is 18.9 Å². The van der Waals surface area contributed by atoms with Crippen LogP contribution in [-0.2, 0) is 9.53 Å². The Labute approximate surface area is 197 Å². The molecule has 0 unspecified atom stereocenters. The molecule has 1 heterocycles. The number of para-hydroxylation sites is 1. The third-order valence-corrected chi connectivity index (χ3v) is 6.15. The first-order chi connectivity index (χ1) is 15.4. The van der Waals surface area contributed by atoms with Crippen molar-refractivity contribution >= 4 is 44.5 Å². The van der Waals surface area contributed by atoms with Crippen LogP contribution in [0.5, 0.6) is 11.5 Å². The fraction of sp³-hybridized carbons (Fsp3) is 0.304. The molecule has 1 fully saturated rings. The highest BCUT2D eigenvalue weighted by Gasteiger charge is 2.35. The van der Waals surface area contributed by atoms with E-state index in [1.54, 1.807) is 36.4 Å². The van der Waals surface area contributed by atoms with Gasteiger partial charge in [-0.3, -0.25) is 9.59 Å². The molecule has 0 aliphatic heterocycles. The lowest BCUT2D eigenvalue weighted by Gasteiger charge is -2.32. The van der Waals surface area contributed by atoms with Crippen molar-refractivity contribution < 1.29 is 28.5 Å². The summed E-state index contributed by atoms with van der Waals surface area (Å²) in [7, 11) is 1.41. The van der Waals surface area contributed by atoms with Gasteiger partial charge in [0.15, 0.2) is 11.3 Å². The molecular weight excluding hydrogens is 504 g/mol. The summed E-state index contributed by atoms with van der Waals surface area (Å²) in [5.74, 6) is -0.381. The number of hydrogen-bond acceptors (Lipinski definition) is 6. The molecule has 168 valence electrons. The van der Waals surface area contributed by atoms with Gasteiger partial charge in [0.25, 0.3) is 0 Å².